The fourth-order valence-corrected chi connectivity index (χ4v) is 4.54. The van der Waals surface area contributed by atoms with Crippen LogP contribution in [0.25, 0.3) is 0 Å². The van der Waals surface area contributed by atoms with Gasteiger partial charge in [-0.25, -0.2) is 0 Å². The molecular weight excluding hydrogens is 340 g/mol. The molecule has 0 spiro atoms. The second-order valence-electron chi connectivity index (χ2n) is 5.50. The first-order valence-corrected chi connectivity index (χ1v) is 15.3. The summed E-state index contributed by atoms with van der Waals surface area (Å²) in [5, 5.41) is 0.602. The van der Waals surface area contributed by atoms with Crippen LogP contribution in [0.1, 0.15) is 27.7 Å². The van der Waals surface area contributed by atoms with E-state index in [4.69, 9.17) is 20.0 Å². The molecular formula is C14H24Cl2GeSi. The molecule has 0 saturated carbocycles. The van der Waals surface area contributed by atoms with E-state index >= 15 is 0 Å². The Morgan fingerprint density at radius 1 is 1.06 bits per heavy atom. The summed E-state index contributed by atoms with van der Waals surface area (Å²) in [6.07, 6.45) is 0. The van der Waals surface area contributed by atoms with Crippen LogP contribution >= 0.6 is 20.0 Å². The molecule has 0 heterocycles. The Morgan fingerprint density at radius 2 is 1.50 bits per heavy atom. The molecule has 0 aliphatic heterocycles. The second-order valence-corrected chi connectivity index (χ2v) is 16.0. The van der Waals surface area contributed by atoms with Gasteiger partial charge in [0.05, 0.1) is 0 Å². The summed E-state index contributed by atoms with van der Waals surface area (Å²) in [5.41, 5.74) is 0. The molecule has 18 heavy (non-hydrogen) atoms. The van der Waals surface area contributed by atoms with E-state index in [1.165, 1.54) is 0 Å². The van der Waals surface area contributed by atoms with Gasteiger partial charge in [-0.15, -0.1) is 0 Å². The summed E-state index contributed by atoms with van der Waals surface area (Å²) in [4.78, 5) is 0. The summed E-state index contributed by atoms with van der Waals surface area (Å²) in [7, 11) is 11.4. The van der Waals surface area contributed by atoms with Crippen molar-refractivity contribution in [3.05, 3.63) is 30.3 Å². The van der Waals surface area contributed by atoms with Gasteiger partial charge in [-0.1, -0.05) is 40.8 Å². The third kappa shape index (κ3) is 6.65. The van der Waals surface area contributed by atoms with Gasteiger partial charge in [0, 0.05) is 8.80 Å². The van der Waals surface area contributed by atoms with E-state index in [0.29, 0.717) is 5.04 Å². The van der Waals surface area contributed by atoms with Crippen LogP contribution in [0.15, 0.2) is 30.3 Å². The van der Waals surface area contributed by atoms with Crippen LogP contribution in [0.3, 0.4) is 0 Å². The normalized spacial score (nSPS) is 11.7. The maximum absolute atomic E-state index is 5.74. The van der Waals surface area contributed by atoms with Crippen LogP contribution in [0.4, 0.5) is 0 Å². The van der Waals surface area contributed by atoms with Crippen molar-refractivity contribution in [3.63, 3.8) is 0 Å². The maximum atomic E-state index is 5.74. The first-order valence-electron chi connectivity index (χ1n) is 6.23. The van der Waals surface area contributed by atoms with Gasteiger partial charge in [-0.05, 0) is 11.0 Å². The summed E-state index contributed by atoms with van der Waals surface area (Å²) in [6.45, 7) is 14.2. The Balaban J connectivity index is 0.000000321. The second kappa shape index (κ2) is 8.68. The van der Waals surface area contributed by atoms with Crippen molar-refractivity contribution in [1.29, 1.82) is 0 Å². The monoisotopic (exact) mass is 364 g/mol. The number of hydrogen-bond acceptors (Lipinski definition) is 0. The molecule has 0 aliphatic carbocycles. The quantitative estimate of drug-likeness (QED) is 0.660. The van der Waals surface area contributed by atoms with E-state index in [-0.39, 0.29) is 8.80 Å². The van der Waals surface area contributed by atoms with Gasteiger partial charge in [0.25, 0.3) is 0 Å². The van der Waals surface area contributed by atoms with Crippen LogP contribution in [-0.4, -0.2) is 21.3 Å². The van der Waals surface area contributed by atoms with E-state index in [9.17, 15) is 0 Å². The first-order chi connectivity index (χ1) is 8.19. The van der Waals surface area contributed by atoms with Crippen LogP contribution < -0.4 is 4.40 Å². The Labute approximate surface area is 127 Å². The van der Waals surface area contributed by atoms with Gasteiger partial charge in [0.15, 0.2) is 0 Å². The zero-order valence-corrected chi connectivity index (χ0v) is 16.8. The summed E-state index contributed by atoms with van der Waals surface area (Å²) in [5.74, 6) is 0.835. The molecule has 0 fully saturated rings. The van der Waals surface area contributed by atoms with Crippen LogP contribution in [0, 0.1) is 5.92 Å². The van der Waals surface area contributed by atoms with Crippen LogP contribution in [-0.2, 0) is 0 Å². The van der Waals surface area contributed by atoms with Crippen molar-refractivity contribution in [3.8, 4) is 0 Å². The fourth-order valence-electron chi connectivity index (χ4n) is 1.14. The molecule has 0 bridgehead atoms. The minimum atomic E-state index is -1.82. The number of benzene rings is 1. The predicted molar refractivity (Wildman–Crippen MR) is 89.9 cm³/mol. The van der Waals surface area contributed by atoms with E-state index < -0.39 is 12.5 Å². The molecule has 0 nitrogen and oxygen atoms in total. The predicted octanol–water partition coefficient (Wildman–Crippen LogP) is 5.04. The third-order valence-corrected chi connectivity index (χ3v) is 10.8. The van der Waals surface area contributed by atoms with Gasteiger partial charge in [-0.2, -0.15) is 0 Å². The average Bonchev–Trinajstić information content (AvgIpc) is 2.30. The first kappa shape index (κ1) is 18.6. The average molecular weight is 364 g/mol. The van der Waals surface area contributed by atoms with Crippen molar-refractivity contribution in [1.82, 2.24) is 0 Å². The van der Waals surface area contributed by atoms with Crippen molar-refractivity contribution >= 4 is 45.7 Å². The summed E-state index contributed by atoms with van der Waals surface area (Å²) in [6, 6.07) is 9.80. The van der Waals surface area contributed by atoms with Gasteiger partial charge in [0.2, 0.25) is 0 Å². The molecule has 0 amide bonds. The molecule has 0 atom stereocenters. The molecule has 0 aromatic heterocycles. The molecule has 4 heteroatoms. The summed E-state index contributed by atoms with van der Waals surface area (Å²) >= 11 is -1.82. The van der Waals surface area contributed by atoms with Gasteiger partial charge in [-0.3, -0.25) is 0 Å². The molecule has 0 saturated heterocycles. The van der Waals surface area contributed by atoms with Crippen molar-refractivity contribution in [2.75, 3.05) is 0 Å². The molecule has 1 aromatic carbocycles. The Morgan fingerprint density at radius 3 is 1.67 bits per heavy atom. The van der Waals surface area contributed by atoms with E-state index in [2.05, 4.69) is 40.8 Å². The van der Waals surface area contributed by atoms with E-state index in [1.54, 1.807) is 0 Å². The van der Waals surface area contributed by atoms with Crippen molar-refractivity contribution in [2.45, 2.75) is 45.8 Å². The topological polar surface area (TPSA) is 0 Å². The van der Waals surface area contributed by atoms with Gasteiger partial charge < -0.3 is 0 Å². The Bertz CT molecular complexity index is 314. The van der Waals surface area contributed by atoms with Gasteiger partial charge in [0.1, 0.15) is 0 Å². The third-order valence-electron chi connectivity index (χ3n) is 3.72. The fraction of sp³-hybridized carbons (Fsp3) is 0.571. The number of rotatable bonds is 3. The molecule has 1 rings (SSSR count). The van der Waals surface area contributed by atoms with Crippen molar-refractivity contribution < 1.29 is 0 Å². The van der Waals surface area contributed by atoms with Crippen molar-refractivity contribution in [2.24, 2.45) is 5.92 Å². The van der Waals surface area contributed by atoms with Gasteiger partial charge >= 0.3 is 67.2 Å². The molecule has 0 unspecified atom stereocenters. The zero-order chi connectivity index (χ0) is 14.3. The zero-order valence-electron chi connectivity index (χ0n) is 12.2. The molecule has 2 radical (unpaired) electrons. The van der Waals surface area contributed by atoms with E-state index in [1.807, 2.05) is 30.3 Å². The van der Waals surface area contributed by atoms with E-state index in [0.717, 1.165) is 10.3 Å². The number of hydrogen-bond donors (Lipinski definition) is 0. The molecule has 0 N–H and O–H groups in total. The Hall–Kier alpha value is 0.560. The molecule has 1 aromatic rings. The molecule has 102 valence electrons. The standard InChI is InChI=1S/C8H19Si.C6H5Cl2Ge/c1-7(2)8(3,4)9(5)6;7-9(8)6-4-2-1-3-5-6/h7H,1-6H3;1-5H. The minimum absolute atomic E-state index is 0.110. The van der Waals surface area contributed by atoms with Crippen LogP contribution in [0.2, 0.25) is 18.1 Å². The van der Waals surface area contributed by atoms with Crippen LogP contribution in [0.5, 0.6) is 0 Å². The summed E-state index contributed by atoms with van der Waals surface area (Å²) < 4.78 is 1.11. The SMILES string of the molecule is CC(C)C(C)(C)[Si](C)C.[Cl][Ge]([Cl])[c]1ccccc1. The Kier molecular flexibility index (Phi) is 8.95. The number of halogens is 2. The molecule has 0 aliphatic rings.